The maximum Gasteiger partial charge on any atom is 0.203 e. The molecule has 0 aliphatic carbocycles. The van der Waals surface area contributed by atoms with E-state index in [1.54, 1.807) is 21.3 Å². The summed E-state index contributed by atoms with van der Waals surface area (Å²) in [5, 5.41) is 7.13. The Morgan fingerprint density at radius 3 is 2.22 bits per heavy atom. The highest BCUT2D eigenvalue weighted by atomic mass is 16.5. The lowest BCUT2D eigenvalue weighted by Crippen LogP contribution is -1.97. The van der Waals surface area contributed by atoms with E-state index in [-0.39, 0.29) is 0 Å². The van der Waals surface area contributed by atoms with Gasteiger partial charge in [0.05, 0.1) is 27.0 Å². The van der Waals surface area contributed by atoms with Gasteiger partial charge in [-0.3, -0.25) is 5.10 Å². The number of aryl methyl sites for hydroxylation is 1. The molecule has 1 heterocycles. The van der Waals surface area contributed by atoms with Gasteiger partial charge in [0.25, 0.3) is 0 Å². The second-order valence-electron chi connectivity index (χ2n) is 3.82. The van der Waals surface area contributed by atoms with Crippen molar-refractivity contribution < 1.29 is 14.2 Å². The molecule has 96 valence electrons. The van der Waals surface area contributed by atoms with Gasteiger partial charge in [0.15, 0.2) is 11.5 Å². The molecule has 0 atom stereocenters. The molecule has 0 radical (unpaired) electrons. The molecule has 5 nitrogen and oxygen atoms in total. The van der Waals surface area contributed by atoms with Crippen LogP contribution in [0.25, 0.3) is 11.3 Å². The molecule has 2 aromatic rings. The molecular weight excluding hydrogens is 232 g/mol. The van der Waals surface area contributed by atoms with E-state index in [4.69, 9.17) is 14.2 Å². The predicted molar refractivity (Wildman–Crippen MR) is 68.4 cm³/mol. The van der Waals surface area contributed by atoms with Crippen LogP contribution in [0.4, 0.5) is 0 Å². The smallest absolute Gasteiger partial charge is 0.203 e. The molecule has 2 rings (SSSR count). The van der Waals surface area contributed by atoms with E-state index in [1.807, 2.05) is 25.1 Å². The van der Waals surface area contributed by atoms with Crippen LogP contribution in [0.3, 0.4) is 0 Å². The summed E-state index contributed by atoms with van der Waals surface area (Å²) < 4.78 is 16.0. The number of hydrogen-bond acceptors (Lipinski definition) is 4. The van der Waals surface area contributed by atoms with Crippen molar-refractivity contribution in [2.24, 2.45) is 0 Å². The third-order valence-electron chi connectivity index (χ3n) is 2.69. The van der Waals surface area contributed by atoms with Crippen molar-refractivity contribution in [2.45, 2.75) is 6.92 Å². The zero-order valence-electron chi connectivity index (χ0n) is 10.9. The summed E-state index contributed by atoms with van der Waals surface area (Å²) in [5.41, 5.74) is 2.66. The molecule has 0 spiro atoms. The molecule has 1 N–H and O–H groups in total. The Hall–Kier alpha value is -2.17. The first-order valence-electron chi connectivity index (χ1n) is 5.52. The first kappa shape index (κ1) is 12.3. The molecule has 0 amide bonds. The lowest BCUT2D eigenvalue weighted by Gasteiger charge is -2.14. The summed E-state index contributed by atoms with van der Waals surface area (Å²) in [4.78, 5) is 0. The Morgan fingerprint density at radius 2 is 1.72 bits per heavy atom. The van der Waals surface area contributed by atoms with Crippen LogP contribution in [0.15, 0.2) is 18.2 Å². The van der Waals surface area contributed by atoms with Crippen molar-refractivity contribution in [1.29, 1.82) is 0 Å². The highest BCUT2D eigenvalue weighted by Crippen LogP contribution is 2.43. The molecular formula is C13H16N2O3. The fraction of sp³-hybridized carbons (Fsp3) is 0.308. The van der Waals surface area contributed by atoms with Gasteiger partial charge in [0.1, 0.15) is 0 Å². The number of aromatic nitrogens is 2. The number of aromatic amines is 1. The maximum absolute atomic E-state index is 5.41. The molecule has 0 aliphatic rings. The number of benzene rings is 1. The Morgan fingerprint density at radius 1 is 1.00 bits per heavy atom. The van der Waals surface area contributed by atoms with Gasteiger partial charge >= 0.3 is 0 Å². The predicted octanol–water partition coefficient (Wildman–Crippen LogP) is 2.41. The standard InChI is InChI=1S/C13H16N2O3/c1-8-7-10(15-14-8)9-5-6-11(16-2)13(18-4)12(9)17-3/h5-7H,1-4H3,(H,14,15). The van der Waals surface area contributed by atoms with E-state index in [0.29, 0.717) is 17.2 Å². The van der Waals surface area contributed by atoms with E-state index >= 15 is 0 Å². The van der Waals surface area contributed by atoms with E-state index < -0.39 is 0 Å². The van der Waals surface area contributed by atoms with Crippen LogP contribution in [0.1, 0.15) is 5.69 Å². The summed E-state index contributed by atoms with van der Waals surface area (Å²) in [6, 6.07) is 5.68. The minimum Gasteiger partial charge on any atom is -0.493 e. The fourth-order valence-corrected chi connectivity index (χ4v) is 1.86. The third kappa shape index (κ3) is 1.99. The largest absolute Gasteiger partial charge is 0.493 e. The summed E-state index contributed by atoms with van der Waals surface area (Å²) in [5.74, 6) is 1.81. The van der Waals surface area contributed by atoms with Crippen molar-refractivity contribution >= 4 is 0 Å². The molecule has 1 aromatic carbocycles. The minimum absolute atomic E-state index is 0.568. The van der Waals surface area contributed by atoms with Crippen LogP contribution in [-0.2, 0) is 0 Å². The summed E-state index contributed by atoms with van der Waals surface area (Å²) in [7, 11) is 4.77. The molecule has 0 unspecified atom stereocenters. The van der Waals surface area contributed by atoms with Gasteiger partial charge in [0, 0.05) is 11.3 Å². The topological polar surface area (TPSA) is 56.4 Å². The Kier molecular flexibility index (Phi) is 3.41. The quantitative estimate of drug-likeness (QED) is 0.902. The van der Waals surface area contributed by atoms with Crippen molar-refractivity contribution in [3.63, 3.8) is 0 Å². The number of ether oxygens (including phenoxy) is 3. The zero-order valence-corrected chi connectivity index (χ0v) is 10.9. The molecule has 1 aromatic heterocycles. The SMILES string of the molecule is COc1ccc(-c2cc(C)[nH]n2)c(OC)c1OC. The van der Waals surface area contributed by atoms with Gasteiger partial charge in [-0.15, -0.1) is 0 Å². The van der Waals surface area contributed by atoms with Gasteiger partial charge in [0.2, 0.25) is 5.75 Å². The molecule has 0 saturated heterocycles. The van der Waals surface area contributed by atoms with Crippen molar-refractivity contribution in [3.05, 3.63) is 23.9 Å². The lowest BCUT2D eigenvalue weighted by atomic mass is 10.1. The first-order valence-corrected chi connectivity index (χ1v) is 5.52. The van der Waals surface area contributed by atoms with Gasteiger partial charge in [-0.2, -0.15) is 5.10 Å². The second kappa shape index (κ2) is 5.00. The monoisotopic (exact) mass is 248 g/mol. The molecule has 0 bridgehead atoms. The Labute approximate surface area is 106 Å². The number of nitrogens with zero attached hydrogens (tertiary/aromatic N) is 1. The van der Waals surface area contributed by atoms with E-state index in [2.05, 4.69) is 10.2 Å². The van der Waals surface area contributed by atoms with Gasteiger partial charge < -0.3 is 14.2 Å². The highest BCUT2D eigenvalue weighted by molar-refractivity contribution is 5.74. The van der Waals surface area contributed by atoms with Gasteiger partial charge in [-0.1, -0.05) is 0 Å². The number of methoxy groups -OCH3 is 3. The fourth-order valence-electron chi connectivity index (χ4n) is 1.86. The van der Waals surface area contributed by atoms with Crippen LogP contribution < -0.4 is 14.2 Å². The highest BCUT2D eigenvalue weighted by Gasteiger charge is 2.18. The van der Waals surface area contributed by atoms with Crippen LogP contribution in [0, 0.1) is 6.92 Å². The minimum atomic E-state index is 0.568. The van der Waals surface area contributed by atoms with Crippen molar-refractivity contribution in [3.8, 4) is 28.5 Å². The molecule has 0 fully saturated rings. The first-order chi connectivity index (χ1) is 8.71. The Bertz CT molecular complexity index is 549. The normalized spacial score (nSPS) is 10.2. The van der Waals surface area contributed by atoms with Crippen LogP contribution in [-0.4, -0.2) is 31.5 Å². The van der Waals surface area contributed by atoms with Crippen LogP contribution in [0.5, 0.6) is 17.2 Å². The van der Waals surface area contributed by atoms with Gasteiger partial charge in [-0.25, -0.2) is 0 Å². The van der Waals surface area contributed by atoms with E-state index in [1.165, 1.54) is 0 Å². The average Bonchev–Trinajstić information content (AvgIpc) is 2.83. The van der Waals surface area contributed by atoms with Crippen molar-refractivity contribution in [1.82, 2.24) is 10.2 Å². The van der Waals surface area contributed by atoms with E-state index in [0.717, 1.165) is 17.0 Å². The average molecular weight is 248 g/mol. The molecule has 5 heteroatoms. The van der Waals surface area contributed by atoms with E-state index in [9.17, 15) is 0 Å². The van der Waals surface area contributed by atoms with Crippen LogP contribution >= 0.6 is 0 Å². The third-order valence-corrected chi connectivity index (χ3v) is 2.69. The summed E-state index contributed by atoms with van der Waals surface area (Å²) in [6.07, 6.45) is 0. The van der Waals surface area contributed by atoms with Crippen LogP contribution in [0.2, 0.25) is 0 Å². The molecule has 18 heavy (non-hydrogen) atoms. The zero-order chi connectivity index (χ0) is 13.1. The maximum atomic E-state index is 5.41. The number of rotatable bonds is 4. The number of nitrogens with one attached hydrogen (secondary N) is 1. The number of H-pyrrole nitrogens is 1. The number of hydrogen-bond donors (Lipinski definition) is 1. The molecule has 0 aliphatic heterocycles. The molecule has 0 saturated carbocycles. The summed E-state index contributed by atoms with van der Waals surface area (Å²) in [6.45, 7) is 1.95. The van der Waals surface area contributed by atoms with Gasteiger partial charge in [-0.05, 0) is 25.1 Å². The summed E-state index contributed by atoms with van der Waals surface area (Å²) >= 11 is 0. The lowest BCUT2D eigenvalue weighted by molar-refractivity contribution is 0.325. The second-order valence-corrected chi connectivity index (χ2v) is 3.82. The Balaban J connectivity index is 2.61. The van der Waals surface area contributed by atoms with Crippen molar-refractivity contribution in [2.75, 3.05) is 21.3 Å².